The molecule has 0 saturated carbocycles. The zero-order valence-electron chi connectivity index (χ0n) is 12.2. The second-order valence-electron chi connectivity index (χ2n) is 5.17. The minimum absolute atomic E-state index is 0.0139. The topological polar surface area (TPSA) is 102 Å². The Morgan fingerprint density at radius 1 is 1.23 bits per heavy atom. The van der Waals surface area contributed by atoms with Crippen molar-refractivity contribution in [3.8, 4) is 0 Å². The second-order valence-corrected chi connectivity index (χ2v) is 7.40. The number of sulfone groups is 1. The van der Waals surface area contributed by atoms with E-state index in [-0.39, 0.29) is 17.9 Å². The lowest BCUT2D eigenvalue weighted by molar-refractivity contribution is -0.125. The van der Waals surface area contributed by atoms with Crippen LogP contribution in [0.4, 0.5) is 0 Å². The monoisotopic (exact) mass is 326 g/mol. The van der Waals surface area contributed by atoms with Gasteiger partial charge >= 0.3 is 0 Å². The smallest absolute Gasteiger partial charge is 0.269 e. The van der Waals surface area contributed by atoms with Crippen molar-refractivity contribution < 1.29 is 22.7 Å². The first kappa shape index (κ1) is 16.4. The molecule has 2 rings (SSSR count). The molecular weight excluding hydrogens is 308 g/mol. The van der Waals surface area contributed by atoms with Crippen LogP contribution in [-0.4, -0.2) is 38.8 Å². The van der Waals surface area contributed by atoms with Crippen LogP contribution in [0, 0.1) is 5.92 Å². The maximum Gasteiger partial charge on any atom is 0.269 e. The molecule has 0 aliphatic carbocycles. The fourth-order valence-electron chi connectivity index (χ4n) is 2.21. The molecule has 1 saturated heterocycles. The fraction of sp³-hybridized carbons (Fsp3) is 0.429. The van der Waals surface area contributed by atoms with Crippen molar-refractivity contribution in [2.75, 3.05) is 18.6 Å². The molecule has 1 fully saturated rings. The number of hydrogen-bond acceptors (Lipinski definition) is 5. The molecular formula is C14H18N2O5S. The minimum Gasteiger partial charge on any atom is -0.380 e. The normalized spacial score (nSPS) is 19.6. The summed E-state index contributed by atoms with van der Waals surface area (Å²) in [6.07, 6.45) is 0.287. The van der Waals surface area contributed by atoms with E-state index in [1.807, 2.05) is 0 Å². The second kappa shape index (κ2) is 6.89. The lowest BCUT2D eigenvalue weighted by atomic mass is 10.1. The van der Waals surface area contributed by atoms with Crippen LogP contribution in [-0.2, 0) is 26.0 Å². The van der Waals surface area contributed by atoms with Crippen LogP contribution in [0.25, 0.3) is 0 Å². The van der Waals surface area contributed by atoms with Gasteiger partial charge in [0, 0.05) is 12.7 Å². The largest absolute Gasteiger partial charge is 0.380 e. The van der Waals surface area contributed by atoms with E-state index in [2.05, 4.69) is 10.9 Å². The Labute approximate surface area is 128 Å². The molecule has 0 radical (unpaired) electrons. The summed E-state index contributed by atoms with van der Waals surface area (Å²) in [5.41, 5.74) is 5.88. The van der Waals surface area contributed by atoms with Crippen molar-refractivity contribution in [3.63, 3.8) is 0 Å². The Kier molecular flexibility index (Phi) is 5.15. The predicted molar refractivity (Wildman–Crippen MR) is 79.5 cm³/mol. The highest BCUT2D eigenvalue weighted by molar-refractivity contribution is 7.91. The van der Waals surface area contributed by atoms with Crippen molar-refractivity contribution >= 4 is 21.7 Å². The molecule has 0 unspecified atom stereocenters. The van der Waals surface area contributed by atoms with E-state index in [1.54, 1.807) is 31.4 Å². The zero-order chi connectivity index (χ0) is 16.2. The van der Waals surface area contributed by atoms with Gasteiger partial charge in [-0.3, -0.25) is 20.4 Å². The van der Waals surface area contributed by atoms with Gasteiger partial charge in [0.05, 0.1) is 24.0 Å². The zero-order valence-corrected chi connectivity index (χ0v) is 13.0. The van der Waals surface area contributed by atoms with Crippen LogP contribution in [0.5, 0.6) is 0 Å². The quantitative estimate of drug-likeness (QED) is 0.760. The first-order valence-electron chi connectivity index (χ1n) is 6.80. The van der Waals surface area contributed by atoms with Crippen LogP contribution in [0.2, 0.25) is 0 Å². The average Bonchev–Trinajstić information content (AvgIpc) is 2.86. The van der Waals surface area contributed by atoms with Gasteiger partial charge in [-0.2, -0.15) is 0 Å². The van der Waals surface area contributed by atoms with Gasteiger partial charge in [0.15, 0.2) is 9.84 Å². The third-order valence-corrected chi connectivity index (χ3v) is 5.20. The van der Waals surface area contributed by atoms with Gasteiger partial charge in [0.25, 0.3) is 5.91 Å². The molecule has 1 atom stereocenters. The standard InChI is InChI=1S/C14H18N2O5S/c1-21-8-10-2-4-11(5-3-10)13(17)15-16-14(18)12-6-7-22(19,20)9-12/h2-5,12H,6-9H2,1H3,(H,15,17)(H,16,18)/t12-/m1/s1. The molecule has 1 aromatic carbocycles. The van der Waals surface area contributed by atoms with Crippen LogP contribution >= 0.6 is 0 Å². The Hall–Kier alpha value is -1.93. The number of amides is 2. The molecule has 22 heavy (non-hydrogen) atoms. The molecule has 2 amide bonds. The summed E-state index contributed by atoms with van der Waals surface area (Å²) in [5.74, 6) is -1.70. The van der Waals surface area contributed by atoms with E-state index >= 15 is 0 Å². The number of hydrogen-bond donors (Lipinski definition) is 2. The maximum atomic E-state index is 11.9. The van der Waals surface area contributed by atoms with Crippen molar-refractivity contribution in [1.82, 2.24) is 10.9 Å². The van der Waals surface area contributed by atoms with Crippen molar-refractivity contribution in [2.24, 2.45) is 5.92 Å². The number of benzene rings is 1. The van der Waals surface area contributed by atoms with E-state index in [0.29, 0.717) is 12.2 Å². The number of ether oxygens (including phenoxy) is 1. The Bertz CT molecular complexity index is 654. The molecule has 1 heterocycles. The van der Waals surface area contributed by atoms with E-state index in [1.165, 1.54) is 0 Å². The Morgan fingerprint density at radius 2 is 1.91 bits per heavy atom. The van der Waals surface area contributed by atoms with Crippen LogP contribution in [0.3, 0.4) is 0 Å². The molecule has 2 N–H and O–H groups in total. The molecule has 8 heteroatoms. The van der Waals surface area contributed by atoms with E-state index in [4.69, 9.17) is 4.74 Å². The Balaban J connectivity index is 1.86. The van der Waals surface area contributed by atoms with Crippen molar-refractivity contribution in [2.45, 2.75) is 13.0 Å². The SMILES string of the molecule is COCc1ccc(C(=O)NNC(=O)[C@@H]2CCS(=O)(=O)C2)cc1. The number of rotatable bonds is 4. The van der Waals surface area contributed by atoms with E-state index < -0.39 is 27.6 Å². The van der Waals surface area contributed by atoms with Crippen LogP contribution in [0.1, 0.15) is 22.3 Å². The highest BCUT2D eigenvalue weighted by Crippen LogP contribution is 2.18. The number of carbonyl (C=O) groups is 2. The predicted octanol–water partition coefficient (Wildman–Crippen LogP) is 0.0287. The molecule has 0 bridgehead atoms. The van der Waals surface area contributed by atoms with Gasteiger partial charge in [-0.25, -0.2) is 8.42 Å². The first-order valence-corrected chi connectivity index (χ1v) is 8.62. The van der Waals surface area contributed by atoms with Gasteiger partial charge in [-0.05, 0) is 24.1 Å². The molecule has 1 aromatic rings. The molecule has 120 valence electrons. The summed E-state index contributed by atoms with van der Waals surface area (Å²) in [5, 5.41) is 0. The summed E-state index contributed by atoms with van der Waals surface area (Å²) in [7, 11) is -1.54. The van der Waals surface area contributed by atoms with E-state index in [9.17, 15) is 18.0 Å². The minimum atomic E-state index is -3.13. The lowest BCUT2D eigenvalue weighted by Gasteiger charge is -2.11. The summed E-state index contributed by atoms with van der Waals surface area (Å²) in [6.45, 7) is 0.453. The molecule has 7 nitrogen and oxygen atoms in total. The van der Waals surface area contributed by atoms with E-state index in [0.717, 1.165) is 5.56 Å². The number of methoxy groups -OCH3 is 1. The number of hydrazine groups is 1. The molecule has 1 aliphatic heterocycles. The molecule has 0 spiro atoms. The van der Waals surface area contributed by atoms with Crippen LogP contribution < -0.4 is 10.9 Å². The highest BCUT2D eigenvalue weighted by atomic mass is 32.2. The van der Waals surface area contributed by atoms with Crippen molar-refractivity contribution in [3.05, 3.63) is 35.4 Å². The Morgan fingerprint density at radius 3 is 2.45 bits per heavy atom. The third kappa shape index (κ3) is 4.28. The number of nitrogens with one attached hydrogen (secondary N) is 2. The van der Waals surface area contributed by atoms with Gasteiger partial charge in [-0.15, -0.1) is 0 Å². The lowest BCUT2D eigenvalue weighted by Crippen LogP contribution is -2.44. The summed E-state index contributed by atoms with van der Waals surface area (Å²) >= 11 is 0. The average molecular weight is 326 g/mol. The summed E-state index contributed by atoms with van der Waals surface area (Å²) in [4.78, 5) is 23.7. The van der Waals surface area contributed by atoms with Crippen LogP contribution in [0.15, 0.2) is 24.3 Å². The van der Waals surface area contributed by atoms with Crippen molar-refractivity contribution in [1.29, 1.82) is 0 Å². The highest BCUT2D eigenvalue weighted by Gasteiger charge is 2.33. The van der Waals surface area contributed by atoms with Gasteiger partial charge in [0.1, 0.15) is 0 Å². The molecule has 0 aromatic heterocycles. The maximum absolute atomic E-state index is 11.9. The first-order chi connectivity index (χ1) is 10.4. The molecule has 1 aliphatic rings. The third-order valence-electron chi connectivity index (χ3n) is 3.43. The summed E-state index contributed by atoms with van der Waals surface area (Å²) in [6, 6.07) is 6.75. The van der Waals surface area contributed by atoms with Gasteiger partial charge in [0.2, 0.25) is 5.91 Å². The number of carbonyl (C=O) groups excluding carboxylic acids is 2. The van der Waals surface area contributed by atoms with Gasteiger partial charge in [-0.1, -0.05) is 12.1 Å². The summed E-state index contributed by atoms with van der Waals surface area (Å²) < 4.78 is 27.6. The van der Waals surface area contributed by atoms with Gasteiger partial charge < -0.3 is 4.74 Å². The fourth-order valence-corrected chi connectivity index (χ4v) is 3.95.